The average Bonchev–Trinajstić information content (AvgIpc) is 2.60. The molecule has 4 heteroatoms. The highest BCUT2D eigenvalue weighted by molar-refractivity contribution is 4.98. The second-order valence-electron chi connectivity index (χ2n) is 6.74. The van der Waals surface area contributed by atoms with E-state index in [1.807, 2.05) is 6.08 Å². The van der Waals surface area contributed by atoms with Crippen molar-refractivity contribution in [3.05, 3.63) is 25.3 Å². The number of rotatable bonds is 12. The second kappa shape index (κ2) is 11.0. The number of likely N-dealkylation sites (tertiary alicyclic amines) is 1. The number of hydrogen-bond acceptors (Lipinski definition) is 3. The molecule has 1 aliphatic heterocycles. The normalized spacial score (nSPS) is 20.2. The third-order valence-corrected chi connectivity index (χ3v) is 5.34. The minimum Gasteiger partial charge on any atom is -0.315 e. The highest BCUT2D eigenvalue weighted by Gasteiger charge is 2.34. The lowest BCUT2D eigenvalue weighted by Crippen LogP contribution is -3.20. The molecule has 4 nitrogen and oxygen atoms in total. The van der Waals surface area contributed by atoms with Crippen molar-refractivity contribution in [2.24, 2.45) is 0 Å². The largest absolute Gasteiger partial charge is 0.315 e. The monoisotopic (exact) mass is 323 g/mol. The van der Waals surface area contributed by atoms with Crippen molar-refractivity contribution in [3.63, 3.8) is 0 Å². The first kappa shape index (κ1) is 20.4. The highest BCUT2D eigenvalue weighted by atomic mass is 15.4. The van der Waals surface area contributed by atoms with Gasteiger partial charge in [-0.05, 0) is 45.1 Å². The third-order valence-electron chi connectivity index (χ3n) is 5.34. The molecular formula is C19H39N4+. The van der Waals surface area contributed by atoms with Gasteiger partial charge in [0.25, 0.3) is 0 Å². The first-order valence-corrected chi connectivity index (χ1v) is 9.39. The van der Waals surface area contributed by atoms with Crippen LogP contribution in [0.5, 0.6) is 0 Å². The van der Waals surface area contributed by atoms with Crippen LogP contribution in [0, 0.1) is 0 Å². The maximum atomic E-state index is 4.14. The predicted octanol–water partition coefficient (Wildman–Crippen LogP) is 1.33. The van der Waals surface area contributed by atoms with Gasteiger partial charge in [-0.25, -0.2) is 5.32 Å². The van der Waals surface area contributed by atoms with E-state index in [9.17, 15) is 0 Å². The molecule has 1 saturated heterocycles. The molecule has 134 valence electrons. The summed E-state index contributed by atoms with van der Waals surface area (Å²) in [7, 11) is 2.28. The van der Waals surface area contributed by atoms with Gasteiger partial charge < -0.3 is 4.90 Å². The Hall–Kier alpha value is -0.680. The van der Waals surface area contributed by atoms with Gasteiger partial charge in [0.1, 0.15) is 0 Å². The van der Waals surface area contributed by atoms with E-state index in [4.69, 9.17) is 0 Å². The summed E-state index contributed by atoms with van der Waals surface area (Å²) in [5.74, 6) is 0. The van der Waals surface area contributed by atoms with Crippen molar-refractivity contribution < 1.29 is 4.90 Å². The number of hydrogen-bond donors (Lipinski definition) is 2. The van der Waals surface area contributed by atoms with E-state index in [0.29, 0.717) is 0 Å². The number of likely N-dealkylation sites (N-methyl/N-ethyl adjacent to an activating group) is 2. The molecule has 2 N–H and O–H groups in total. The molecule has 0 aromatic rings. The molecule has 0 aromatic carbocycles. The van der Waals surface area contributed by atoms with Gasteiger partial charge in [0.05, 0.1) is 20.3 Å². The van der Waals surface area contributed by atoms with Crippen LogP contribution >= 0.6 is 0 Å². The summed E-state index contributed by atoms with van der Waals surface area (Å²) in [5, 5.41) is 3.79. The zero-order valence-electron chi connectivity index (χ0n) is 15.7. The summed E-state index contributed by atoms with van der Waals surface area (Å²) in [6.07, 6.45) is 9.06. The van der Waals surface area contributed by atoms with Gasteiger partial charge in [0.2, 0.25) is 0 Å². The molecule has 1 heterocycles. The zero-order valence-corrected chi connectivity index (χ0v) is 15.7. The molecule has 0 amide bonds. The van der Waals surface area contributed by atoms with Crippen LogP contribution in [-0.2, 0) is 0 Å². The van der Waals surface area contributed by atoms with E-state index < -0.39 is 0 Å². The van der Waals surface area contributed by atoms with Gasteiger partial charge in [0.15, 0.2) is 5.66 Å². The fourth-order valence-electron chi connectivity index (χ4n) is 3.41. The van der Waals surface area contributed by atoms with E-state index in [2.05, 4.69) is 55.2 Å². The average molecular weight is 324 g/mol. The molecule has 0 aliphatic carbocycles. The molecule has 0 radical (unpaired) electrons. The molecule has 1 rings (SSSR count). The Kier molecular flexibility index (Phi) is 9.72. The van der Waals surface area contributed by atoms with Crippen LogP contribution in [0.3, 0.4) is 0 Å². The molecule has 0 aromatic heterocycles. The molecule has 1 aliphatic rings. The van der Waals surface area contributed by atoms with Gasteiger partial charge >= 0.3 is 0 Å². The smallest absolute Gasteiger partial charge is 0.174 e. The number of nitrogens with one attached hydrogen (secondary N) is 2. The Morgan fingerprint density at radius 2 is 1.83 bits per heavy atom. The van der Waals surface area contributed by atoms with Gasteiger partial charge in [-0.3, -0.25) is 9.80 Å². The molecule has 0 spiro atoms. The van der Waals surface area contributed by atoms with Gasteiger partial charge in [-0.1, -0.05) is 32.9 Å². The standard InChI is InChI=1S/C19H38N4/c1-6-13-19(7-2,20-18-23-14-11-10-12-15-23)21(5)16-17-22(8-3)9-4/h6-7,20H,1-2,8-18H2,3-5H3/p+1. The highest BCUT2D eigenvalue weighted by Crippen LogP contribution is 2.09. The molecular weight excluding hydrogens is 284 g/mol. The van der Waals surface area contributed by atoms with Crippen molar-refractivity contribution in [3.8, 4) is 0 Å². The predicted molar refractivity (Wildman–Crippen MR) is 101 cm³/mol. The summed E-state index contributed by atoms with van der Waals surface area (Å²) in [6, 6.07) is 0. The van der Waals surface area contributed by atoms with Crippen molar-refractivity contribution in [1.82, 2.24) is 15.1 Å². The first-order chi connectivity index (χ1) is 11.1. The Bertz CT molecular complexity index is 334. The van der Waals surface area contributed by atoms with Crippen LogP contribution in [0.1, 0.15) is 39.5 Å². The summed E-state index contributed by atoms with van der Waals surface area (Å²) in [4.78, 5) is 6.48. The van der Waals surface area contributed by atoms with Crippen LogP contribution < -0.4 is 10.2 Å². The molecule has 23 heavy (non-hydrogen) atoms. The minimum absolute atomic E-state index is 0.119. The van der Waals surface area contributed by atoms with Gasteiger partial charge in [-0.15, -0.1) is 6.58 Å². The maximum absolute atomic E-state index is 4.14. The number of piperidine rings is 1. The van der Waals surface area contributed by atoms with E-state index >= 15 is 0 Å². The van der Waals surface area contributed by atoms with Gasteiger partial charge in [-0.2, -0.15) is 0 Å². The van der Waals surface area contributed by atoms with Crippen molar-refractivity contribution >= 4 is 0 Å². The Morgan fingerprint density at radius 3 is 2.35 bits per heavy atom. The number of quaternary nitrogens is 1. The summed E-state index contributed by atoms with van der Waals surface area (Å²) >= 11 is 0. The SMILES string of the molecule is C=CCC(C=C)(NCN1CCCCC1)[NH+](C)CCN(CC)CC. The van der Waals surface area contributed by atoms with Gasteiger partial charge in [0, 0.05) is 13.0 Å². The quantitative estimate of drug-likeness (QED) is 0.418. The van der Waals surface area contributed by atoms with Crippen LogP contribution in [0.15, 0.2) is 25.3 Å². The zero-order chi connectivity index (χ0) is 17.1. The van der Waals surface area contributed by atoms with E-state index in [-0.39, 0.29) is 5.66 Å². The van der Waals surface area contributed by atoms with Crippen molar-refractivity contribution in [2.75, 3.05) is 53.0 Å². The van der Waals surface area contributed by atoms with Crippen LogP contribution in [-0.4, -0.2) is 68.4 Å². The summed E-state index contributed by atoms with van der Waals surface area (Å²) in [5.41, 5.74) is -0.119. The Balaban J connectivity index is 2.62. The third kappa shape index (κ3) is 6.38. The van der Waals surface area contributed by atoms with Crippen LogP contribution in [0.4, 0.5) is 0 Å². The molecule has 0 bridgehead atoms. The van der Waals surface area contributed by atoms with E-state index in [1.165, 1.54) is 37.3 Å². The number of nitrogens with zero attached hydrogens (tertiary/aromatic N) is 2. The molecule has 0 saturated carbocycles. The topological polar surface area (TPSA) is 23.0 Å². The molecule has 2 unspecified atom stereocenters. The van der Waals surface area contributed by atoms with E-state index in [0.717, 1.165) is 39.3 Å². The molecule has 2 atom stereocenters. The Labute approximate surface area is 144 Å². The Morgan fingerprint density at radius 1 is 1.17 bits per heavy atom. The maximum Gasteiger partial charge on any atom is 0.174 e. The van der Waals surface area contributed by atoms with Crippen molar-refractivity contribution in [1.29, 1.82) is 0 Å². The summed E-state index contributed by atoms with van der Waals surface area (Å²) < 4.78 is 0. The molecule has 1 fully saturated rings. The second-order valence-corrected chi connectivity index (χ2v) is 6.74. The van der Waals surface area contributed by atoms with Crippen LogP contribution in [0.2, 0.25) is 0 Å². The first-order valence-electron chi connectivity index (χ1n) is 9.39. The lowest BCUT2D eigenvalue weighted by atomic mass is 10.0. The van der Waals surface area contributed by atoms with E-state index in [1.54, 1.807) is 0 Å². The fourth-order valence-corrected chi connectivity index (χ4v) is 3.41. The summed E-state index contributed by atoms with van der Waals surface area (Å²) in [6.45, 7) is 20.4. The fraction of sp³-hybridized carbons (Fsp3) is 0.789. The van der Waals surface area contributed by atoms with Crippen LogP contribution in [0.25, 0.3) is 0 Å². The minimum atomic E-state index is -0.119. The lowest BCUT2D eigenvalue weighted by Gasteiger charge is -2.39. The van der Waals surface area contributed by atoms with Crippen molar-refractivity contribution in [2.45, 2.75) is 45.2 Å². The lowest BCUT2D eigenvalue weighted by molar-refractivity contribution is -0.930.